The highest BCUT2D eigenvalue weighted by Crippen LogP contribution is 2.76. The highest BCUT2D eigenvalue weighted by molar-refractivity contribution is 5.79. The molecule has 2 unspecified atom stereocenters. The minimum Gasteiger partial charge on any atom is -0.479 e. The SMILES string of the molecule is C[C@@H]1CC[C@]2(C(=O)O[C@@H]3O[C@H](CO)[C@@H](O)[C@H](O)[C@H]3O)CC[C@]3(C)C(=CCC4[C@@]5(C)CC[C@H](O[C@@H]6O[C@H](C(=O)O)[C@@H](O)[C@H](O)[C@H]6O)C(C)(C)C5CC[C@]43C)[C@@H]2[C@]1(C)O. The van der Waals surface area contributed by atoms with Crippen molar-refractivity contribution in [2.45, 2.75) is 179 Å². The van der Waals surface area contributed by atoms with E-state index in [1.807, 2.05) is 13.8 Å². The highest BCUT2D eigenvalue weighted by atomic mass is 16.7. The van der Waals surface area contributed by atoms with Crippen molar-refractivity contribution in [3.05, 3.63) is 11.6 Å². The average molecular weight is 811 g/mol. The molecule has 0 spiro atoms. The second kappa shape index (κ2) is 14.4. The lowest BCUT2D eigenvalue weighted by atomic mass is 9.33. The Morgan fingerprint density at radius 3 is 2.07 bits per heavy atom. The third kappa shape index (κ3) is 6.14. The first-order chi connectivity index (χ1) is 26.4. The van der Waals surface area contributed by atoms with Gasteiger partial charge in [0.1, 0.15) is 42.7 Å². The number of esters is 1. The van der Waals surface area contributed by atoms with Crippen LogP contribution in [0.1, 0.15) is 106 Å². The van der Waals surface area contributed by atoms with Crippen LogP contribution in [0.5, 0.6) is 0 Å². The van der Waals surface area contributed by atoms with E-state index in [1.165, 1.54) is 0 Å². The smallest absolute Gasteiger partial charge is 0.335 e. The Bertz CT molecular complexity index is 1600. The minimum atomic E-state index is -1.81. The topological polar surface area (TPSA) is 253 Å². The van der Waals surface area contributed by atoms with Gasteiger partial charge < -0.3 is 64.9 Å². The fourth-order valence-electron chi connectivity index (χ4n) is 13.8. The van der Waals surface area contributed by atoms with E-state index in [0.717, 1.165) is 24.8 Å². The molecule has 7 aliphatic rings. The van der Waals surface area contributed by atoms with Gasteiger partial charge in [0.05, 0.1) is 23.7 Å². The largest absolute Gasteiger partial charge is 0.479 e. The number of carboxylic acid groups (broad SMARTS) is 1. The summed E-state index contributed by atoms with van der Waals surface area (Å²) in [6.07, 6.45) is -8.63. The Balaban J connectivity index is 1.18. The van der Waals surface area contributed by atoms with Gasteiger partial charge in [-0.1, -0.05) is 53.2 Å². The maximum absolute atomic E-state index is 14.6. The first kappa shape index (κ1) is 43.3. The summed E-state index contributed by atoms with van der Waals surface area (Å²) in [5.41, 5.74) is -2.69. The van der Waals surface area contributed by atoms with Crippen molar-refractivity contribution in [2.24, 2.45) is 50.7 Å². The van der Waals surface area contributed by atoms with E-state index in [9.17, 15) is 55.5 Å². The zero-order valence-corrected chi connectivity index (χ0v) is 34.3. The van der Waals surface area contributed by atoms with Gasteiger partial charge in [-0.05, 0) is 104 Å². The highest BCUT2D eigenvalue weighted by Gasteiger charge is 2.72. The van der Waals surface area contributed by atoms with Crippen molar-refractivity contribution < 1.29 is 74.5 Å². The molecule has 4 saturated carbocycles. The molecule has 6 fully saturated rings. The van der Waals surface area contributed by atoms with Gasteiger partial charge >= 0.3 is 11.9 Å². The van der Waals surface area contributed by atoms with Crippen LogP contribution in [0.15, 0.2) is 11.6 Å². The Kier molecular flexibility index (Phi) is 11.0. The molecule has 5 aliphatic carbocycles. The van der Waals surface area contributed by atoms with E-state index in [4.69, 9.17) is 18.9 Å². The quantitative estimate of drug-likeness (QED) is 0.104. The Labute approximate surface area is 334 Å². The van der Waals surface area contributed by atoms with Crippen molar-refractivity contribution in [1.29, 1.82) is 0 Å². The monoisotopic (exact) mass is 810 g/mol. The maximum atomic E-state index is 14.6. The summed E-state index contributed by atoms with van der Waals surface area (Å²) in [6.45, 7) is 14.4. The number of carboxylic acids is 1. The number of rotatable bonds is 6. The number of carbonyl (C=O) groups excluding carboxylic acids is 1. The van der Waals surface area contributed by atoms with Gasteiger partial charge in [0, 0.05) is 5.92 Å². The van der Waals surface area contributed by atoms with Gasteiger partial charge in [-0.3, -0.25) is 4.79 Å². The number of aliphatic hydroxyl groups is 8. The molecule has 9 N–H and O–H groups in total. The molecule has 0 aromatic rings. The molecule has 2 heterocycles. The number of aliphatic hydroxyl groups excluding tert-OH is 7. The second-order valence-electron chi connectivity index (χ2n) is 20.4. The lowest BCUT2D eigenvalue weighted by Gasteiger charge is -2.72. The van der Waals surface area contributed by atoms with Crippen molar-refractivity contribution in [3.8, 4) is 0 Å². The zero-order chi connectivity index (χ0) is 42.0. The molecule has 2 saturated heterocycles. The summed E-state index contributed by atoms with van der Waals surface area (Å²) in [5, 5.41) is 95.0. The molecule has 0 aromatic carbocycles. The summed E-state index contributed by atoms with van der Waals surface area (Å²) in [7, 11) is 0. The van der Waals surface area contributed by atoms with Gasteiger partial charge in [0.2, 0.25) is 6.29 Å². The van der Waals surface area contributed by atoms with Crippen LogP contribution in [0.2, 0.25) is 0 Å². The lowest BCUT2D eigenvalue weighted by molar-refractivity contribution is -0.324. The molecule has 7 rings (SSSR count). The molecule has 20 atom stereocenters. The van der Waals surface area contributed by atoms with Gasteiger partial charge in [-0.2, -0.15) is 0 Å². The van der Waals surface area contributed by atoms with E-state index < -0.39 is 114 Å². The Morgan fingerprint density at radius 2 is 1.42 bits per heavy atom. The molecule has 0 aromatic heterocycles. The summed E-state index contributed by atoms with van der Waals surface area (Å²) in [5.74, 6) is -2.49. The molecule has 15 nitrogen and oxygen atoms in total. The number of fused-ring (bicyclic) bond motifs is 7. The molecular weight excluding hydrogens is 744 g/mol. The average Bonchev–Trinajstić information content (AvgIpc) is 3.14. The van der Waals surface area contributed by atoms with E-state index in [2.05, 4.69) is 40.7 Å². The van der Waals surface area contributed by atoms with E-state index in [1.54, 1.807) is 0 Å². The second-order valence-corrected chi connectivity index (χ2v) is 20.4. The van der Waals surface area contributed by atoms with Crippen LogP contribution >= 0.6 is 0 Å². The zero-order valence-electron chi connectivity index (χ0n) is 34.3. The first-order valence-corrected chi connectivity index (χ1v) is 21.0. The third-order valence-corrected chi connectivity index (χ3v) is 17.6. The molecule has 324 valence electrons. The van der Waals surface area contributed by atoms with Crippen molar-refractivity contribution in [2.75, 3.05) is 6.61 Å². The molecule has 0 radical (unpaired) electrons. The minimum absolute atomic E-state index is 0.143. The number of carbonyl (C=O) groups is 2. The van der Waals surface area contributed by atoms with Gasteiger partial charge in [-0.25, -0.2) is 4.79 Å². The van der Waals surface area contributed by atoms with Gasteiger partial charge in [0.25, 0.3) is 0 Å². The van der Waals surface area contributed by atoms with E-state index >= 15 is 0 Å². The molecular formula is C42H66O15. The van der Waals surface area contributed by atoms with Crippen molar-refractivity contribution in [3.63, 3.8) is 0 Å². The van der Waals surface area contributed by atoms with Crippen LogP contribution in [0.3, 0.4) is 0 Å². The number of aliphatic carboxylic acids is 1. The van der Waals surface area contributed by atoms with Crippen LogP contribution in [0.25, 0.3) is 0 Å². The fourth-order valence-corrected chi connectivity index (χ4v) is 13.8. The van der Waals surface area contributed by atoms with E-state index in [-0.39, 0.29) is 28.6 Å². The summed E-state index contributed by atoms with van der Waals surface area (Å²) < 4.78 is 23.4. The van der Waals surface area contributed by atoms with Crippen LogP contribution < -0.4 is 0 Å². The molecule has 0 amide bonds. The molecule has 2 aliphatic heterocycles. The summed E-state index contributed by atoms with van der Waals surface area (Å²) in [4.78, 5) is 26.4. The summed E-state index contributed by atoms with van der Waals surface area (Å²) >= 11 is 0. The third-order valence-electron chi connectivity index (χ3n) is 17.6. The number of ether oxygens (including phenoxy) is 4. The molecule has 57 heavy (non-hydrogen) atoms. The van der Waals surface area contributed by atoms with Crippen LogP contribution in [0, 0.1) is 50.7 Å². The van der Waals surface area contributed by atoms with Crippen LogP contribution in [-0.2, 0) is 28.5 Å². The Hall–Kier alpha value is -1.76. The Morgan fingerprint density at radius 1 is 0.772 bits per heavy atom. The molecule has 0 bridgehead atoms. The predicted octanol–water partition coefficient (Wildman–Crippen LogP) is 1.38. The van der Waals surface area contributed by atoms with Crippen LogP contribution in [0.4, 0.5) is 0 Å². The molecule has 15 heteroatoms. The van der Waals surface area contributed by atoms with Gasteiger partial charge in [0.15, 0.2) is 12.4 Å². The lowest BCUT2D eigenvalue weighted by Crippen LogP contribution is -2.68. The number of allylic oxidation sites excluding steroid dienone is 1. The van der Waals surface area contributed by atoms with E-state index in [0.29, 0.717) is 38.5 Å². The van der Waals surface area contributed by atoms with Gasteiger partial charge in [-0.15, -0.1) is 0 Å². The predicted molar refractivity (Wildman–Crippen MR) is 199 cm³/mol. The first-order valence-electron chi connectivity index (χ1n) is 21.0. The maximum Gasteiger partial charge on any atom is 0.335 e. The summed E-state index contributed by atoms with van der Waals surface area (Å²) in [6, 6.07) is 0. The van der Waals surface area contributed by atoms with Crippen molar-refractivity contribution in [1.82, 2.24) is 0 Å². The standard InChI is InChI=1S/C42H66O15/c1-19-10-15-42(36(52)57-34-29(48)26(45)25(44)21(18-43)54-34)17-16-39(5)20(32(42)41(19,7)53)8-9-23-38(4)13-12-24(37(2,3)22(38)11-14-40(23,39)6)55-35-30(49)27(46)28(47)31(56-35)33(50)51/h8,19,21-32,34-35,43-49,53H,9-18H2,1-7H3,(H,50,51)/t19-,21-,22?,23?,24+,25-,26+,27+,28+,29-,30-,31+,32-,34+,35-,38+,39-,40-,41-,42+/m1/s1. The fraction of sp³-hybridized carbons (Fsp3) is 0.905. The number of hydrogen-bond donors (Lipinski definition) is 9. The normalized spacial score (nSPS) is 54.6. The van der Waals surface area contributed by atoms with Crippen molar-refractivity contribution >= 4 is 11.9 Å². The van der Waals surface area contributed by atoms with Crippen LogP contribution in [-0.4, -0.2) is 138 Å². The number of hydrogen-bond acceptors (Lipinski definition) is 14.